The van der Waals surface area contributed by atoms with Crippen LogP contribution >= 0.6 is 0 Å². The minimum Gasteiger partial charge on any atom is -0.484 e. The summed E-state index contributed by atoms with van der Waals surface area (Å²) in [6.45, 7) is 6.87. The number of ether oxygens (including phenoxy) is 2. The lowest BCUT2D eigenvalue weighted by atomic mass is 10.1. The van der Waals surface area contributed by atoms with Crippen LogP contribution in [0.15, 0.2) is 24.3 Å². The molecule has 9 heteroatoms. The minimum absolute atomic E-state index is 0.0389. The molecule has 3 rings (SSSR count). The van der Waals surface area contributed by atoms with Crippen LogP contribution in [0.5, 0.6) is 5.75 Å². The van der Waals surface area contributed by atoms with Gasteiger partial charge in [0.2, 0.25) is 10.0 Å². The third-order valence-electron chi connectivity index (χ3n) is 5.14. The van der Waals surface area contributed by atoms with Crippen molar-refractivity contribution in [2.75, 3.05) is 65.3 Å². The van der Waals surface area contributed by atoms with E-state index in [9.17, 15) is 13.2 Å². The molecule has 2 fully saturated rings. The average Bonchev–Trinajstić information content (AvgIpc) is 2.61. The molecule has 2 aliphatic rings. The van der Waals surface area contributed by atoms with E-state index in [1.165, 1.54) is 10.6 Å². The van der Waals surface area contributed by atoms with E-state index in [-0.39, 0.29) is 18.6 Å². The van der Waals surface area contributed by atoms with Crippen molar-refractivity contribution >= 4 is 15.9 Å². The van der Waals surface area contributed by atoms with Gasteiger partial charge in [-0.15, -0.1) is 0 Å². The standard InChI is InChI=1S/C19H29N3O5S/c1-16-4-3-5-18(12-16)27-15-19(23)21-13-17(14-21)22(28(2,24)25)7-6-20-8-10-26-11-9-20/h3-5,12,17H,6-11,13-15H2,1-2H3. The zero-order valence-corrected chi connectivity index (χ0v) is 17.4. The third kappa shape index (κ3) is 5.66. The highest BCUT2D eigenvalue weighted by Gasteiger charge is 2.38. The summed E-state index contributed by atoms with van der Waals surface area (Å²) in [6.07, 6.45) is 1.23. The highest BCUT2D eigenvalue weighted by Crippen LogP contribution is 2.19. The van der Waals surface area contributed by atoms with E-state index >= 15 is 0 Å². The Balaban J connectivity index is 1.46. The quantitative estimate of drug-likeness (QED) is 0.607. The van der Waals surface area contributed by atoms with Gasteiger partial charge in [0, 0.05) is 39.3 Å². The number of likely N-dealkylation sites (tertiary alicyclic amines) is 1. The molecule has 0 bridgehead atoms. The maximum Gasteiger partial charge on any atom is 0.260 e. The van der Waals surface area contributed by atoms with Crippen LogP contribution in [-0.2, 0) is 19.6 Å². The van der Waals surface area contributed by atoms with Crippen LogP contribution in [0.2, 0.25) is 0 Å². The summed E-state index contributed by atoms with van der Waals surface area (Å²) in [4.78, 5) is 16.2. The first kappa shape index (κ1) is 21.0. The fourth-order valence-corrected chi connectivity index (χ4v) is 4.55. The fraction of sp³-hybridized carbons (Fsp3) is 0.632. The van der Waals surface area contributed by atoms with Gasteiger partial charge in [0.25, 0.3) is 5.91 Å². The molecular formula is C19H29N3O5S. The number of hydrogen-bond donors (Lipinski definition) is 0. The summed E-state index contributed by atoms with van der Waals surface area (Å²) in [5.74, 6) is 0.535. The molecule has 0 atom stereocenters. The van der Waals surface area contributed by atoms with Gasteiger partial charge in [-0.3, -0.25) is 9.69 Å². The molecule has 1 aromatic carbocycles. The molecule has 0 unspecified atom stereocenters. The largest absolute Gasteiger partial charge is 0.484 e. The van der Waals surface area contributed by atoms with Gasteiger partial charge in [-0.2, -0.15) is 4.31 Å². The van der Waals surface area contributed by atoms with Gasteiger partial charge in [0.1, 0.15) is 5.75 Å². The Bertz CT molecular complexity index is 774. The molecule has 0 aliphatic carbocycles. The molecule has 0 spiro atoms. The van der Waals surface area contributed by atoms with E-state index in [0.717, 1.165) is 18.7 Å². The lowest BCUT2D eigenvalue weighted by Crippen LogP contribution is -2.63. The molecule has 0 aromatic heterocycles. The zero-order valence-electron chi connectivity index (χ0n) is 16.5. The number of sulfonamides is 1. The number of aryl methyl sites for hydroxylation is 1. The predicted molar refractivity (Wildman–Crippen MR) is 106 cm³/mol. The fourth-order valence-electron chi connectivity index (χ4n) is 3.47. The average molecular weight is 412 g/mol. The molecule has 2 heterocycles. The molecule has 28 heavy (non-hydrogen) atoms. The van der Waals surface area contributed by atoms with Crippen LogP contribution in [0.4, 0.5) is 0 Å². The lowest BCUT2D eigenvalue weighted by Gasteiger charge is -2.44. The van der Waals surface area contributed by atoms with E-state index < -0.39 is 10.0 Å². The van der Waals surface area contributed by atoms with Crippen molar-refractivity contribution in [2.45, 2.75) is 13.0 Å². The van der Waals surface area contributed by atoms with Crippen molar-refractivity contribution in [1.29, 1.82) is 0 Å². The van der Waals surface area contributed by atoms with Gasteiger partial charge < -0.3 is 14.4 Å². The van der Waals surface area contributed by atoms with Crippen LogP contribution in [0, 0.1) is 6.92 Å². The monoisotopic (exact) mass is 411 g/mol. The highest BCUT2D eigenvalue weighted by atomic mass is 32.2. The Kier molecular flexibility index (Phi) is 6.92. The van der Waals surface area contributed by atoms with E-state index in [4.69, 9.17) is 9.47 Å². The summed E-state index contributed by atoms with van der Waals surface area (Å²) in [7, 11) is -3.33. The third-order valence-corrected chi connectivity index (χ3v) is 6.47. The SMILES string of the molecule is Cc1cccc(OCC(=O)N2CC(N(CCN3CCOCC3)S(C)(=O)=O)C2)c1. The second kappa shape index (κ2) is 9.21. The van der Waals surface area contributed by atoms with Crippen molar-refractivity contribution < 1.29 is 22.7 Å². The Morgan fingerprint density at radius 1 is 1.29 bits per heavy atom. The number of rotatable bonds is 8. The second-order valence-corrected chi connectivity index (χ2v) is 9.32. The molecule has 0 radical (unpaired) electrons. The van der Waals surface area contributed by atoms with Crippen LogP contribution in [0.3, 0.4) is 0 Å². The van der Waals surface area contributed by atoms with Gasteiger partial charge in [0.05, 0.1) is 25.5 Å². The molecule has 1 aromatic rings. The number of carbonyl (C=O) groups excluding carboxylic acids is 1. The first-order valence-corrected chi connectivity index (χ1v) is 11.4. The molecule has 2 saturated heterocycles. The summed E-state index contributed by atoms with van der Waals surface area (Å²) in [5.41, 5.74) is 1.07. The Hall–Kier alpha value is -1.68. The van der Waals surface area contributed by atoms with E-state index in [0.29, 0.717) is 45.1 Å². The van der Waals surface area contributed by atoms with Gasteiger partial charge in [-0.05, 0) is 24.6 Å². The zero-order chi connectivity index (χ0) is 20.1. The number of amides is 1. The van der Waals surface area contributed by atoms with E-state index in [1.807, 2.05) is 31.2 Å². The van der Waals surface area contributed by atoms with Crippen molar-refractivity contribution in [2.24, 2.45) is 0 Å². The Morgan fingerprint density at radius 3 is 2.64 bits per heavy atom. The summed E-state index contributed by atoms with van der Waals surface area (Å²) >= 11 is 0. The minimum atomic E-state index is -3.33. The molecule has 8 nitrogen and oxygen atoms in total. The van der Waals surface area contributed by atoms with Gasteiger partial charge in [0.15, 0.2) is 6.61 Å². The maximum absolute atomic E-state index is 12.3. The van der Waals surface area contributed by atoms with Crippen LogP contribution in [0.1, 0.15) is 5.56 Å². The normalized spacial score (nSPS) is 18.9. The summed E-state index contributed by atoms with van der Waals surface area (Å²) in [5, 5.41) is 0. The van der Waals surface area contributed by atoms with Crippen molar-refractivity contribution in [3.05, 3.63) is 29.8 Å². The second-order valence-electron chi connectivity index (χ2n) is 7.39. The first-order chi connectivity index (χ1) is 13.3. The van der Waals surface area contributed by atoms with Crippen LogP contribution in [0.25, 0.3) is 0 Å². The number of morpholine rings is 1. The summed E-state index contributed by atoms with van der Waals surface area (Å²) in [6, 6.07) is 7.37. The summed E-state index contributed by atoms with van der Waals surface area (Å²) < 4.78 is 36.8. The molecule has 156 valence electrons. The van der Waals surface area contributed by atoms with Gasteiger partial charge >= 0.3 is 0 Å². The van der Waals surface area contributed by atoms with Crippen molar-refractivity contribution in [1.82, 2.24) is 14.1 Å². The molecular weight excluding hydrogens is 382 g/mol. The number of carbonyl (C=O) groups is 1. The first-order valence-electron chi connectivity index (χ1n) is 9.57. The molecule has 0 saturated carbocycles. The Morgan fingerprint density at radius 2 is 2.00 bits per heavy atom. The number of hydrogen-bond acceptors (Lipinski definition) is 6. The number of nitrogens with zero attached hydrogens (tertiary/aromatic N) is 3. The Labute approximate surface area is 167 Å². The van der Waals surface area contributed by atoms with Crippen LogP contribution in [-0.4, -0.2) is 99.8 Å². The van der Waals surface area contributed by atoms with E-state index in [2.05, 4.69) is 4.90 Å². The lowest BCUT2D eigenvalue weighted by molar-refractivity contribution is -0.139. The topological polar surface area (TPSA) is 79.4 Å². The van der Waals surface area contributed by atoms with Crippen molar-refractivity contribution in [3.8, 4) is 5.75 Å². The van der Waals surface area contributed by atoms with Crippen molar-refractivity contribution in [3.63, 3.8) is 0 Å². The van der Waals surface area contributed by atoms with Crippen LogP contribution < -0.4 is 4.74 Å². The predicted octanol–water partition coefficient (Wildman–Crippen LogP) is 0.178. The molecule has 0 N–H and O–H groups in total. The van der Waals surface area contributed by atoms with E-state index in [1.54, 1.807) is 4.90 Å². The maximum atomic E-state index is 12.3. The molecule has 2 aliphatic heterocycles. The molecule has 1 amide bonds. The van der Waals surface area contributed by atoms with Gasteiger partial charge in [-0.1, -0.05) is 12.1 Å². The van der Waals surface area contributed by atoms with Gasteiger partial charge in [-0.25, -0.2) is 8.42 Å². The highest BCUT2D eigenvalue weighted by molar-refractivity contribution is 7.88. The number of benzene rings is 1. The smallest absolute Gasteiger partial charge is 0.260 e.